The maximum absolute atomic E-state index is 13.1. The van der Waals surface area contributed by atoms with Crippen LogP contribution in [0.5, 0.6) is 0 Å². The van der Waals surface area contributed by atoms with Gasteiger partial charge in [-0.05, 0) is 36.8 Å². The van der Waals surface area contributed by atoms with Crippen LogP contribution in [0.25, 0.3) is 0 Å². The molecule has 0 bridgehead atoms. The van der Waals surface area contributed by atoms with Gasteiger partial charge in [-0.1, -0.05) is 0 Å². The molecule has 0 aliphatic rings. The Morgan fingerprint density at radius 3 is 2.80 bits per heavy atom. The van der Waals surface area contributed by atoms with Crippen LogP contribution in [0.2, 0.25) is 0 Å². The molecule has 0 aliphatic heterocycles. The highest BCUT2D eigenvalue weighted by atomic mass is 19.1. The molecule has 1 heterocycles. The number of hydrogen-bond acceptors (Lipinski definition) is 5. The molecule has 1 aromatic carbocycles. The molecule has 2 aromatic rings. The predicted octanol–water partition coefficient (Wildman–Crippen LogP) is 2.64. The van der Waals surface area contributed by atoms with Crippen molar-refractivity contribution in [3.8, 4) is 0 Å². The molecule has 0 saturated carbocycles. The number of nitrogens with one attached hydrogen (secondary N) is 1. The molecule has 0 spiro atoms. The second kappa shape index (κ2) is 5.56. The smallest absolute Gasteiger partial charge is 0.340 e. The van der Waals surface area contributed by atoms with Crippen molar-refractivity contribution in [3.63, 3.8) is 0 Å². The molecule has 0 atom stereocenters. The van der Waals surface area contributed by atoms with Crippen molar-refractivity contribution in [1.82, 2.24) is 4.98 Å². The first-order valence-electron chi connectivity index (χ1n) is 5.89. The van der Waals surface area contributed by atoms with Crippen LogP contribution in [0.1, 0.15) is 15.9 Å². The van der Waals surface area contributed by atoms with Gasteiger partial charge in [-0.25, -0.2) is 14.2 Å². The number of rotatable bonds is 3. The number of hydrogen-bond donors (Lipinski definition) is 2. The fourth-order valence-corrected chi connectivity index (χ4v) is 1.76. The van der Waals surface area contributed by atoms with Crippen LogP contribution in [-0.4, -0.2) is 18.1 Å². The molecule has 6 heteroatoms. The summed E-state index contributed by atoms with van der Waals surface area (Å²) < 4.78 is 17.7. The zero-order chi connectivity index (χ0) is 14.7. The van der Waals surface area contributed by atoms with E-state index in [2.05, 4.69) is 15.0 Å². The number of esters is 1. The van der Waals surface area contributed by atoms with Gasteiger partial charge in [0.2, 0.25) is 0 Å². The van der Waals surface area contributed by atoms with Crippen LogP contribution in [0.15, 0.2) is 30.5 Å². The number of nitrogens with zero attached hydrogens (tertiary/aromatic N) is 1. The third kappa shape index (κ3) is 2.69. The van der Waals surface area contributed by atoms with E-state index in [0.717, 1.165) is 0 Å². The highest BCUT2D eigenvalue weighted by Gasteiger charge is 2.14. The van der Waals surface area contributed by atoms with E-state index in [1.165, 1.54) is 31.5 Å². The number of ether oxygens (including phenoxy) is 1. The third-order valence-electron chi connectivity index (χ3n) is 2.84. The molecule has 0 radical (unpaired) electrons. The van der Waals surface area contributed by atoms with Gasteiger partial charge in [-0.3, -0.25) is 0 Å². The van der Waals surface area contributed by atoms with Gasteiger partial charge in [0.1, 0.15) is 5.82 Å². The number of anilines is 3. The molecular formula is C14H14FN3O2. The Bertz CT molecular complexity index is 659. The van der Waals surface area contributed by atoms with E-state index in [0.29, 0.717) is 17.1 Å². The van der Waals surface area contributed by atoms with E-state index in [9.17, 15) is 9.18 Å². The van der Waals surface area contributed by atoms with Gasteiger partial charge >= 0.3 is 5.97 Å². The topological polar surface area (TPSA) is 77.2 Å². The summed E-state index contributed by atoms with van der Waals surface area (Å²) in [5.74, 6) is -0.538. The van der Waals surface area contributed by atoms with Crippen molar-refractivity contribution < 1.29 is 13.9 Å². The van der Waals surface area contributed by atoms with E-state index >= 15 is 0 Å². The lowest BCUT2D eigenvalue weighted by Gasteiger charge is -2.12. The summed E-state index contributed by atoms with van der Waals surface area (Å²) in [5.41, 5.74) is 7.66. The van der Waals surface area contributed by atoms with Crippen molar-refractivity contribution in [2.45, 2.75) is 6.92 Å². The van der Waals surface area contributed by atoms with Gasteiger partial charge in [0.05, 0.1) is 18.4 Å². The Balaban J connectivity index is 2.37. The van der Waals surface area contributed by atoms with Gasteiger partial charge in [0, 0.05) is 11.9 Å². The Kier molecular flexibility index (Phi) is 3.84. The fourth-order valence-electron chi connectivity index (χ4n) is 1.76. The number of benzene rings is 1. The largest absolute Gasteiger partial charge is 0.465 e. The van der Waals surface area contributed by atoms with Crippen LogP contribution in [0.3, 0.4) is 0 Å². The zero-order valence-corrected chi connectivity index (χ0v) is 11.1. The lowest BCUT2D eigenvalue weighted by molar-refractivity contribution is 0.0602. The minimum atomic E-state index is -0.538. The molecule has 0 amide bonds. The number of pyridine rings is 1. The lowest BCUT2D eigenvalue weighted by atomic mass is 10.2. The number of nitrogens with two attached hydrogens (primary N) is 1. The Morgan fingerprint density at radius 1 is 1.40 bits per heavy atom. The molecular weight excluding hydrogens is 261 g/mol. The number of aryl methyl sites for hydroxylation is 1. The highest BCUT2D eigenvalue weighted by Crippen LogP contribution is 2.26. The van der Waals surface area contributed by atoms with E-state index in [1.807, 2.05) is 0 Å². The molecule has 104 valence electrons. The zero-order valence-electron chi connectivity index (χ0n) is 11.1. The van der Waals surface area contributed by atoms with Gasteiger partial charge in [-0.15, -0.1) is 0 Å². The van der Waals surface area contributed by atoms with E-state index in [1.54, 1.807) is 13.0 Å². The Labute approximate surface area is 115 Å². The Hall–Kier alpha value is -2.63. The number of halogens is 1. The van der Waals surface area contributed by atoms with Crippen LogP contribution >= 0.6 is 0 Å². The number of methoxy groups -OCH3 is 1. The normalized spacial score (nSPS) is 10.2. The van der Waals surface area contributed by atoms with Crippen molar-refractivity contribution in [2.75, 3.05) is 18.2 Å². The lowest BCUT2D eigenvalue weighted by Crippen LogP contribution is -2.09. The fraction of sp³-hybridized carbons (Fsp3) is 0.143. The molecule has 0 aliphatic carbocycles. The Morgan fingerprint density at radius 2 is 2.15 bits per heavy atom. The number of aromatic nitrogens is 1. The number of carbonyl (C=O) groups is 1. The summed E-state index contributed by atoms with van der Waals surface area (Å²) >= 11 is 0. The molecule has 1 aromatic heterocycles. The highest BCUT2D eigenvalue weighted by molar-refractivity contribution is 5.97. The van der Waals surface area contributed by atoms with Crippen molar-refractivity contribution in [1.29, 1.82) is 0 Å². The summed E-state index contributed by atoms with van der Waals surface area (Å²) in [7, 11) is 1.28. The molecule has 5 nitrogen and oxygen atoms in total. The average molecular weight is 275 g/mol. The summed E-state index contributed by atoms with van der Waals surface area (Å²) in [5, 5.41) is 2.98. The summed E-state index contributed by atoms with van der Waals surface area (Å²) in [6.07, 6.45) is 1.45. The average Bonchev–Trinajstić information content (AvgIpc) is 2.43. The summed E-state index contributed by atoms with van der Waals surface area (Å²) in [6, 6.07) is 5.78. The van der Waals surface area contributed by atoms with E-state index in [-0.39, 0.29) is 17.1 Å². The van der Waals surface area contributed by atoms with Crippen molar-refractivity contribution in [3.05, 3.63) is 47.4 Å². The SMILES string of the molecule is COC(=O)c1ccnc(Nc2ccc(F)cc2C)c1N. The molecule has 0 unspecified atom stereocenters. The van der Waals surface area contributed by atoms with Crippen LogP contribution < -0.4 is 11.1 Å². The quantitative estimate of drug-likeness (QED) is 0.842. The van der Waals surface area contributed by atoms with Crippen molar-refractivity contribution >= 4 is 23.2 Å². The third-order valence-corrected chi connectivity index (χ3v) is 2.84. The second-order valence-electron chi connectivity index (χ2n) is 4.20. The molecule has 0 saturated heterocycles. The maximum atomic E-state index is 13.1. The summed E-state index contributed by atoms with van der Waals surface area (Å²) in [4.78, 5) is 15.6. The first kappa shape index (κ1) is 13.8. The number of nitrogen functional groups attached to an aromatic ring is 1. The van der Waals surface area contributed by atoms with Gasteiger partial charge < -0.3 is 15.8 Å². The minimum Gasteiger partial charge on any atom is -0.465 e. The van der Waals surface area contributed by atoms with Gasteiger partial charge in [0.25, 0.3) is 0 Å². The molecule has 20 heavy (non-hydrogen) atoms. The minimum absolute atomic E-state index is 0.183. The predicted molar refractivity (Wildman–Crippen MR) is 74.4 cm³/mol. The molecule has 3 N–H and O–H groups in total. The number of carbonyl (C=O) groups excluding carboxylic acids is 1. The summed E-state index contributed by atoms with van der Waals surface area (Å²) in [6.45, 7) is 1.76. The molecule has 0 fully saturated rings. The molecule has 2 rings (SSSR count). The van der Waals surface area contributed by atoms with Crippen LogP contribution in [0, 0.1) is 12.7 Å². The maximum Gasteiger partial charge on any atom is 0.340 e. The van der Waals surface area contributed by atoms with Crippen LogP contribution in [-0.2, 0) is 4.74 Å². The monoisotopic (exact) mass is 275 g/mol. The van der Waals surface area contributed by atoms with Gasteiger partial charge in [0.15, 0.2) is 5.82 Å². The van der Waals surface area contributed by atoms with Crippen molar-refractivity contribution in [2.24, 2.45) is 0 Å². The van der Waals surface area contributed by atoms with E-state index < -0.39 is 5.97 Å². The van der Waals surface area contributed by atoms with Crippen LogP contribution in [0.4, 0.5) is 21.6 Å². The van der Waals surface area contributed by atoms with Gasteiger partial charge in [-0.2, -0.15) is 0 Å². The van der Waals surface area contributed by atoms with E-state index in [4.69, 9.17) is 5.73 Å². The standard InChI is InChI=1S/C14H14FN3O2/c1-8-7-9(15)3-4-11(8)18-13-12(16)10(5-6-17-13)14(19)20-2/h3-7H,16H2,1-2H3,(H,17,18). The second-order valence-corrected chi connectivity index (χ2v) is 4.20. The first-order valence-corrected chi connectivity index (χ1v) is 5.89. The first-order chi connectivity index (χ1) is 9.52.